The van der Waals surface area contributed by atoms with Crippen LogP contribution in [-0.4, -0.2) is 6.54 Å². The van der Waals surface area contributed by atoms with Crippen LogP contribution in [-0.2, 0) is 0 Å². The lowest BCUT2D eigenvalue weighted by molar-refractivity contribution is 0.514. The van der Waals surface area contributed by atoms with Crippen LogP contribution in [0.5, 0.6) is 0 Å². The minimum absolute atomic E-state index is 0.140. The van der Waals surface area contributed by atoms with E-state index in [-0.39, 0.29) is 6.04 Å². The van der Waals surface area contributed by atoms with E-state index in [1.54, 1.807) is 0 Å². The van der Waals surface area contributed by atoms with E-state index in [2.05, 4.69) is 11.2 Å². The number of unbranched alkanes of at least 4 members (excludes halogenated alkanes) is 1. The maximum absolute atomic E-state index is 13.4. The minimum Gasteiger partial charge on any atom is -0.310 e. The van der Waals surface area contributed by atoms with Gasteiger partial charge in [0.2, 0.25) is 0 Å². The Morgan fingerprint density at radius 2 is 2.19 bits per heavy atom. The second-order valence-corrected chi connectivity index (χ2v) is 3.65. The molecule has 0 saturated carbocycles. The van der Waals surface area contributed by atoms with Crippen LogP contribution in [0.1, 0.15) is 31.4 Å². The van der Waals surface area contributed by atoms with E-state index < -0.39 is 11.6 Å². The summed E-state index contributed by atoms with van der Waals surface area (Å²) in [6.45, 7) is 2.56. The van der Waals surface area contributed by atoms with Crippen LogP contribution in [0.15, 0.2) is 18.2 Å². The molecule has 1 aromatic rings. The molecule has 1 nitrogen and oxygen atoms in total. The van der Waals surface area contributed by atoms with Gasteiger partial charge in [0.25, 0.3) is 0 Å². The highest BCUT2D eigenvalue weighted by Crippen LogP contribution is 2.17. The fraction of sp³-hybridized carbons (Fsp3) is 0.385. The zero-order valence-electron chi connectivity index (χ0n) is 9.26. The number of halogens is 2. The second-order valence-electron chi connectivity index (χ2n) is 3.65. The minimum atomic E-state index is -0.555. The Kier molecular flexibility index (Phi) is 4.94. The standard InChI is InChI=1S/C13H15F2N/c1-3-4-5-8-16-10(2)12-7-6-11(14)9-13(12)15/h1,6-7,9-10,16H,4-5,8H2,2H3. The molecule has 0 saturated heterocycles. The summed E-state index contributed by atoms with van der Waals surface area (Å²) in [5, 5.41) is 3.14. The first-order chi connectivity index (χ1) is 7.65. The Balaban J connectivity index is 2.53. The number of terminal acetylenes is 1. The summed E-state index contributed by atoms with van der Waals surface area (Å²) in [4.78, 5) is 0. The third-order valence-corrected chi connectivity index (χ3v) is 2.38. The molecular weight excluding hydrogens is 208 g/mol. The van der Waals surface area contributed by atoms with Gasteiger partial charge in [0.1, 0.15) is 11.6 Å². The molecule has 0 radical (unpaired) electrons. The summed E-state index contributed by atoms with van der Waals surface area (Å²) in [6.07, 6.45) is 6.67. The molecule has 1 aromatic carbocycles. The third kappa shape index (κ3) is 3.63. The smallest absolute Gasteiger partial charge is 0.130 e. The van der Waals surface area contributed by atoms with Gasteiger partial charge in [-0.15, -0.1) is 12.3 Å². The molecule has 0 heterocycles. The molecule has 1 atom stereocenters. The first kappa shape index (κ1) is 12.7. The maximum Gasteiger partial charge on any atom is 0.130 e. The molecule has 1 N–H and O–H groups in total. The van der Waals surface area contributed by atoms with E-state index in [0.717, 1.165) is 19.0 Å². The van der Waals surface area contributed by atoms with Gasteiger partial charge in [0.05, 0.1) is 0 Å². The number of rotatable bonds is 5. The summed E-state index contributed by atoms with van der Waals surface area (Å²) >= 11 is 0. The predicted molar refractivity (Wildman–Crippen MR) is 60.8 cm³/mol. The van der Waals surface area contributed by atoms with Crippen LogP contribution in [0.4, 0.5) is 8.78 Å². The first-order valence-electron chi connectivity index (χ1n) is 5.27. The summed E-state index contributed by atoms with van der Waals surface area (Å²) in [5.41, 5.74) is 0.474. The van der Waals surface area contributed by atoms with Crippen LogP contribution in [0, 0.1) is 24.0 Å². The van der Waals surface area contributed by atoms with Crippen molar-refractivity contribution in [3.8, 4) is 12.3 Å². The average molecular weight is 223 g/mol. The highest BCUT2D eigenvalue weighted by molar-refractivity contribution is 5.21. The lowest BCUT2D eigenvalue weighted by Crippen LogP contribution is -2.20. The van der Waals surface area contributed by atoms with E-state index in [1.807, 2.05) is 6.92 Å². The van der Waals surface area contributed by atoms with Crippen LogP contribution in [0.25, 0.3) is 0 Å². The van der Waals surface area contributed by atoms with Crippen molar-refractivity contribution in [1.29, 1.82) is 0 Å². The number of hydrogen-bond donors (Lipinski definition) is 1. The second kappa shape index (κ2) is 6.24. The van der Waals surface area contributed by atoms with E-state index in [1.165, 1.54) is 12.1 Å². The molecule has 0 amide bonds. The predicted octanol–water partition coefficient (Wildman–Crippen LogP) is 3.03. The molecule has 1 unspecified atom stereocenters. The van der Waals surface area contributed by atoms with Gasteiger partial charge in [-0.2, -0.15) is 0 Å². The van der Waals surface area contributed by atoms with Gasteiger partial charge in [-0.05, 0) is 26.0 Å². The van der Waals surface area contributed by atoms with E-state index in [0.29, 0.717) is 12.0 Å². The van der Waals surface area contributed by atoms with E-state index >= 15 is 0 Å². The Morgan fingerprint density at radius 1 is 1.44 bits per heavy atom. The number of benzene rings is 1. The molecule has 0 aromatic heterocycles. The molecule has 3 heteroatoms. The van der Waals surface area contributed by atoms with Crippen molar-refractivity contribution in [1.82, 2.24) is 5.32 Å². The highest BCUT2D eigenvalue weighted by Gasteiger charge is 2.10. The van der Waals surface area contributed by atoms with E-state index in [4.69, 9.17) is 6.42 Å². The Bertz CT molecular complexity index is 382. The van der Waals surface area contributed by atoms with Crippen molar-refractivity contribution in [2.24, 2.45) is 0 Å². The maximum atomic E-state index is 13.4. The molecule has 0 fully saturated rings. The van der Waals surface area contributed by atoms with Gasteiger partial charge in [-0.1, -0.05) is 6.07 Å². The largest absolute Gasteiger partial charge is 0.310 e. The summed E-state index contributed by atoms with van der Waals surface area (Å²) in [5.74, 6) is 1.46. The fourth-order valence-electron chi connectivity index (χ4n) is 1.47. The average Bonchev–Trinajstić information content (AvgIpc) is 2.24. The lowest BCUT2D eigenvalue weighted by Gasteiger charge is -2.14. The fourth-order valence-corrected chi connectivity index (χ4v) is 1.47. The van der Waals surface area contributed by atoms with Crippen LogP contribution in [0.2, 0.25) is 0 Å². The highest BCUT2D eigenvalue weighted by atomic mass is 19.1. The molecule has 0 aliphatic carbocycles. The van der Waals surface area contributed by atoms with Crippen molar-refractivity contribution < 1.29 is 8.78 Å². The number of nitrogens with one attached hydrogen (secondary N) is 1. The quantitative estimate of drug-likeness (QED) is 0.597. The molecule has 0 aliphatic rings. The molecule has 0 spiro atoms. The van der Waals surface area contributed by atoms with Gasteiger partial charge in [-0.25, -0.2) is 8.78 Å². The van der Waals surface area contributed by atoms with Gasteiger partial charge in [0.15, 0.2) is 0 Å². The Morgan fingerprint density at radius 3 is 2.81 bits per heavy atom. The molecule has 86 valence electrons. The molecule has 1 rings (SSSR count). The van der Waals surface area contributed by atoms with Gasteiger partial charge < -0.3 is 5.32 Å². The molecule has 0 bridgehead atoms. The van der Waals surface area contributed by atoms with Gasteiger partial charge >= 0.3 is 0 Å². The lowest BCUT2D eigenvalue weighted by atomic mass is 10.1. The monoisotopic (exact) mass is 223 g/mol. The Hall–Kier alpha value is -1.40. The molecule has 0 aliphatic heterocycles. The number of hydrogen-bond acceptors (Lipinski definition) is 1. The van der Waals surface area contributed by atoms with Crippen molar-refractivity contribution in [3.63, 3.8) is 0 Å². The topological polar surface area (TPSA) is 12.0 Å². The first-order valence-corrected chi connectivity index (χ1v) is 5.27. The summed E-state index contributed by atoms with van der Waals surface area (Å²) in [7, 11) is 0. The summed E-state index contributed by atoms with van der Waals surface area (Å²) in [6, 6.07) is 3.48. The summed E-state index contributed by atoms with van der Waals surface area (Å²) < 4.78 is 26.0. The Labute approximate surface area is 94.9 Å². The zero-order valence-corrected chi connectivity index (χ0v) is 9.26. The van der Waals surface area contributed by atoms with Crippen molar-refractivity contribution in [2.75, 3.05) is 6.54 Å². The third-order valence-electron chi connectivity index (χ3n) is 2.38. The van der Waals surface area contributed by atoms with Crippen LogP contribution < -0.4 is 5.32 Å². The van der Waals surface area contributed by atoms with Crippen molar-refractivity contribution >= 4 is 0 Å². The van der Waals surface area contributed by atoms with Gasteiger partial charge in [0, 0.05) is 24.1 Å². The van der Waals surface area contributed by atoms with Crippen molar-refractivity contribution in [2.45, 2.75) is 25.8 Å². The SMILES string of the molecule is C#CCCCNC(C)c1ccc(F)cc1F. The normalized spacial score (nSPS) is 12.1. The molecule has 16 heavy (non-hydrogen) atoms. The van der Waals surface area contributed by atoms with Crippen LogP contribution >= 0.6 is 0 Å². The van der Waals surface area contributed by atoms with Crippen LogP contribution in [0.3, 0.4) is 0 Å². The van der Waals surface area contributed by atoms with Gasteiger partial charge in [-0.3, -0.25) is 0 Å². The van der Waals surface area contributed by atoms with Crippen molar-refractivity contribution in [3.05, 3.63) is 35.4 Å². The van der Waals surface area contributed by atoms with E-state index in [9.17, 15) is 8.78 Å². The zero-order chi connectivity index (χ0) is 12.0. The molecular formula is C13H15F2N.